The minimum Gasteiger partial charge on any atom is -0.396 e. The number of nitrogens with one attached hydrogen (secondary N) is 1. The third kappa shape index (κ3) is 1.87. The largest absolute Gasteiger partial charge is 0.396 e. The van der Waals surface area contributed by atoms with Gasteiger partial charge in [-0.25, -0.2) is 0 Å². The van der Waals surface area contributed by atoms with Crippen LogP contribution in [0.1, 0.15) is 36.3 Å². The van der Waals surface area contributed by atoms with E-state index >= 15 is 0 Å². The lowest BCUT2D eigenvalue weighted by Crippen LogP contribution is -2.33. The number of amides is 1. The predicted molar refractivity (Wildman–Crippen MR) is 76.2 cm³/mol. The lowest BCUT2D eigenvalue weighted by Gasteiger charge is -2.13. The highest BCUT2D eigenvalue weighted by Gasteiger charge is 2.57. The van der Waals surface area contributed by atoms with Crippen LogP contribution >= 0.6 is 0 Å². The fourth-order valence-corrected chi connectivity index (χ4v) is 3.88. The number of aryl methyl sites for hydroxylation is 1. The Morgan fingerprint density at radius 1 is 1.35 bits per heavy atom. The molecule has 1 aromatic rings. The second-order valence-electron chi connectivity index (χ2n) is 6.83. The van der Waals surface area contributed by atoms with E-state index < -0.39 is 0 Å². The molecule has 0 saturated heterocycles. The molecule has 1 aromatic carbocycles. The molecule has 0 bridgehead atoms. The number of rotatable bonds is 4. The van der Waals surface area contributed by atoms with Gasteiger partial charge in [0.2, 0.25) is 5.91 Å². The Morgan fingerprint density at radius 2 is 2.15 bits per heavy atom. The fraction of sp³-hybridized carbons (Fsp3) is 0.588. The summed E-state index contributed by atoms with van der Waals surface area (Å²) in [5.74, 6) is 1.38. The molecule has 0 heterocycles. The molecule has 3 heteroatoms. The van der Waals surface area contributed by atoms with Crippen LogP contribution in [0.3, 0.4) is 0 Å². The van der Waals surface area contributed by atoms with Crippen LogP contribution in [0.4, 0.5) is 0 Å². The topological polar surface area (TPSA) is 49.3 Å². The van der Waals surface area contributed by atoms with Crippen LogP contribution in [0.25, 0.3) is 0 Å². The van der Waals surface area contributed by atoms with Gasteiger partial charge >= 0.3 is 0 Å². The number of carbonyl (C=O) groups excluding carboxylic acids is 1. The van der Waals surface area contributed by atoms with Crippen molar-refractivity contribution in [2.24, 2.45) is 17.3 Å². The van der Waals surface area contributed by atoms with Crippen molar-refractivity contribution in [3.8, 4) is 0 Å². The van der Waals surface area contributed by atoms with Gasteiger partial charge in [0.25, 0.3) is 0 Å². The number of benzene rings is 1. The van der Waals surface area contributed by atoms with Crippen molar-refractivity contribution in [2.75, 3.05) is 13.2 Å². The van der Waals surface area contributed by atoms with Crippen molar-refractivity contribution < 1.29 is 9.90 Å². The van der Waals surface area contributed by atoms with E-state index in [9.17, 15) is 9.90 Å². The molecule has 3 atom stereocenters. The van der Waals surface area contributed by atoms with Crippen molar-refractivity contribution in [3.63, 3.8) is 0 Å². The summed E-state index contributed by atoms with van der Waals surface area (Å²) < 4.78 is 0. The fourth-order valence-electron chi connectivity index (χ4n) is 3.88. The minimum atomic E-state index is 0.00757. The van der Waals surface area contributed by atoms with Crippen LogP contribution in [0.2, 0.25) is 0 Å². The number of hydrogen-bond donors (Lipinski definition) is 2. The van der Waals surface area contributed by atoms with E-state index in [0.29, 0.717) is 18.4 Å². The van der Waals surface area contributed by atoms with E-state index in [4.69, 9.17) is 0 Å². The average molecular weight is 271 g/mol. The SMILES string of the molecule is O=C(NCC1(CO)CC1)C1C2CCc3ccccc3C21. The Morgan fingerprint density at radius 3 is 2.90 bits per heavy atom. The summed E-state index contributed by atoms with van der Waals surface area (Å²) in [7, 11) is 0. The van der Waals surface area contributed by atoms with Crippen LogP contribution in [-0.4, -0.2) is 24.2 Å². The zero-order valence-electron chi connectivity index (χ0n) is 11.6. The van der Waals surface area contributed by atoms with E-state index in [0.717, 1.165) is 25.7 Å². The second-order valence-corrected chi connectivity index (χ2v) is 6.83. The standard InChI is InChI=1S/C17H21NO2/c19-10-17(7-8-17)9-18-16(20)15-13-6-5-11-3-1-2-4-12(11)14(13)15/h1-4,13-15,19H,5-10H2,(H,18,20). The number of carbonyl (C=O) groups is 1. The third-order valence-corrected chi connectivity index (χ3v) is 5.56. The van der Waals surface area contributed by atoms with Gasteiger partial charge in [0.1, 0.15) is 0 Å². The lowest BCUT2D eigenvalue weighted by atomic mass is 9.92. The van der Waals surface area contributed by atoms with Crippen molar-refractivity contribution in [3.05, 3.63) is 35.4 Å². The molecule has 2 N–H and O–H groups in total. The van der Waals surface area contributed by atoms with E-state index in [1.54, 1.807) is 0 Å². The zero-order valence-corrected chi connectivity index (χ0v) is 11.6. The van der Waals surface area contributed by atoms with Gasteiger partial charge in [-0.15, -0.1) is 0 Å². The van der Waals surface area contributed by atoms with Crippen LogP contribution in [0, 0.1) is 17.3 Å². The van der Waals surface area contributed by atoms with Crippen LogP contribution in [0.15, 0.2) is 24.3 Å². The van der Waals surface area contributed by atoms with Gasteiger partial charge in [0.15, 0.2) is 0 Å². The lowest BCUT2D eigenvalue weighted by molar-refractivity contribution is -0.123. The molecule has 3 nitrogen and oxygen atoms in total. The van der Waals surface area contributed by atoms with Gasteiger partial charge in [-0.2, -0.15) is 0 Å². The first-order valence-electron chi connectivity index (χ1n) is 7.70. The van der Waals surface area contributed by atoms with E-state index in [1.165, 1.54) is 11.1 Å². The Hall–Kier alpha value is -1.35. The first kappa shape index (κ1) is 12.4. The molecular formula is C17H21NO2. The molecule has 3 aliphatic rings. The highest BCUT2D eigenvalue weighted by Crippen LogP contribution is 2.59. The van der Waals surface area contributed by atoms with Gasteiger partial charge in [-0.05, 0) is 48.6 Å². The quantitative estimate of drug-likeness (QED) is 0.878. The molecule has 1 amide bonds. The number of fused-ring (bicyclic) bond motifs is 3. The average Bonchev–Trinajstić information content (AvgIpc) is 3.39. The van der Waals surface area contributed by atoms with E-state index in [-0.39, 0.29) is 23.8 Å². The van der Waals surface area contributed by atoms with Crippen molar-refractivity contribution in [1.29, 1.82) is 0 Å². The summed E-state index contributed by atoms with van der Waals surface area (Å²) in [5.41, 5.74) is 2.83. The van der Waals surface area contributed by atoms with Crippen LogP contribution in [0.5, 0.6) is 0 Å². The summed E-state index contributed by atoms with van der Waals surface area (Å²) in [6.07, 6.45) is 4.35. The molecular weight excluding hydrogens is 250 g/mol. The smallest absolute Gasteiger partial charge is 0.224 e. The third-order valence-electron chi connectivity index (χ3n) is 5.56. The van der Waals surface area contributed by atoms with Crippen molar-refractivity contribution in [2.45, 2.75) is 31.6 Å². The Balaban J connectivity index is 1.43. The molecule has 2 fully saturated rings. The Kier molecular flexibility index (Phi) is 2.68. The van der Waals surface area contributed by atoms with Gasteiger partial charge < -0.3 is 10.4 Å². The summed E-state index contributed by atoms with van der Waals surface area (Å²) >= 11 is 0. The molecule has 0 aromatic heterocycles. The maximum Gasteiger partial charge on any atom is 0.224 e. The molecule has 106 valence electrons. The molecule has 0 radical (unpaired) electrons. The van der Waals surface area contributed by atoms with E-state index in [1.807, 2.05) is 0 Å². The first-order chi connectivity index (χ1) is 9.74. The molecule has 20 heavy (non-hydrogen) atoms. The molecule has 4 rings (SSSR count). The molecule has 0 spiro atoms. The van der Waals surface area contributed by atoms with Gasteiger partial charge in [-0.1, -0.05) is 24.3 Å². The highest BCUT2D eigenvalue weighted by atomic mass is 16.3. The number of hydrogen-bond acceptors (Lipinski definition) is 2. The van der Waals surface area contributed by atoms with Gasteiger partial charge in [0, 0.05) is 17.9 Å². The summed E-state index contributed by atoms with van der Waals surface area (Å²) in [5, 5.41) is 12.4. The first-order valence-corrected chi connectivity index (χ1v) is 7.70. The summed E-state index contributed by atoms with van der Waals surface area (Å²) in [6.45, 7) is 0.855. The Labute approximate surface area is 119 Å². The highest BCUT2D eigenvalue weighted by molar-refractivity contribution is 5.84. The van der Waals surface area contributed by atoms with Gasteiger partial charge in [0.05, 0.1) is 6.61 Å². The molecule has 3 aliphatic carbocycles. The summed E-state index contributed by atoms with van der Waals surface area (Å²) in [6, 6.07) is 8.56. The van der Waals surface area contributed by atoms with Crippen LogP contribution < -0.4 is 5.32 Å². The second kappa shape index (κ2) is 4.32. The van der Waals surface area contributed by atoms with Crippen molar-refractivity contribution >= 4 is 5.91 Å². The summed E-state index contributed by atoms with van der Waals surface area (Å²) in [4.78, 5) is 12.4. The van der Waals surface area contributed by atoms with Gasteiger partial charge in [-0.3, -0.25) is 4.79 Å². The van der Waals surface area contributed by atoms with E-state index in [2.05, 4.69) is 29.6 Å². The minimum absolute atomic E-state index is 0.00757. The molecule has 0 aliphatic heterocycles. The molecule has 3 unspecified atom stereocenters. The number of aliphatic hydroxyl groups is 1. The zero-order chi connectivity index (χ0) is 13.7. The maximum absolute atomic E-state index is 12.4. The van der Waals surface area contributed by atoms with Crippen LogP contribution in [-0.2, 0) is 11.2 Å². The van der Waals surface area contributed by atoms with Crippen molar-refractivity contribution in [1.82, 2.24) is 5.32 Å². The normalized spacial score (nSPS) is 31.9. The number of aliphatic hydroxyl groups excluding tert-OH is 1. The predicted octanol–water partition coefficient (Wildman–Crippen LogP) is 1.85. The maximum atomic E-state index is 12.4. The molecule has 2 saturated carbocycles. The Bertz CT molecular complexity index is 550. The monoisotopic (exact) mass is 271 g/mol.